The van der Waals surface area contributed by atoms with Crippen molar-refractivity contribution in [2.45, 2.75) is 25.1 Å². The Balaban J connectivity index is 2.19. The summed E-state index contributed by atoms with van der Waals surface area (Å²) >= 11 is 2.06. The van der Waals surface area contributed by atoms with E-state index in [0.29, 0.717) is 0 Å². The van der Waals surface area contributed by atoms with Crippen molar-refractivity contribution in [1.82, 2.24) is 5.32 Å². The van der Waals surface area contributed by atoms with Crippen LogP contribution in [0.5, 0.6) is 0 Å². The van der Waals surface area contributed by atoms with Gasteiger partial charge in [-0.05, 0) is 6.92 Å². The van der Waals surface area contributed by atoms with Gasteiger partial charge in [0, 0.05) is 23.6 Å². The first-order valence-corrected chi connectivity index (χ1v) is 4.19. The van der Waals surface area contributed by atoms with E-state index >= 15 is 0 Å². The molecule has 48 valence electrons. The van der Waals surface area contributed by atoms with Gasteiger partial charge in [0.2, 0.25) is 0 Å². The lowest BCUT2D eigenvalue weighted by Crippen LogP contribution is -2.38. The lowest BCUT2D eigenvalue weighted by molar-refractivity contribution is 0.576. The van der Waals surface area contributed by atoms with Crippen LogP contribution in [0.1, 0.15) is 13.8 Å². The summed E-state index contributed by atoms with van der Waals surface area (Å²) in [6.07, 6.45) is 0. The maximum Gasteiger partial charge on any atom is 0.0144 e. The van der Waals surface area contributed by atoms with Gasteiger partial charge in [-0.15, -0.1) is 0 Å². The van der Waals surface area contributed by atoms with Crippen molar-refractivity contribution >= 4 is 11.8 Å². The van der Waals surface area contributed by atoms with Crippen molar-refractivity contribution in [3.63, 3.8) is 0 Å². The molecule has 0 amide bonds. The molecule has 0 aliphatic carbocycles. The first-order chi connectivity index (χ1) is 3.79. The molecule has 1 nitrogen and oxygen atoms in total. The molecule has 2 heteroatoms. The SMILES string of the molecule is CC1CSC(C)CN1. The molecule has 1 saturated heterocycles. The fourth-order valence-corrected chi connectivity index (χ4v) is 1.74. The fourth-order valence-electron chi connectivity index (χ4n) is 0.794. The van der Waals surface area contributed by atoms with Crippen LogP contribution in [-0.4, -0.2) is 23.6 Å². The zero-order chi connectivity index (χ0) is 5.98. The molecule has 1 N–H and O–H groups in total. The van der Waals surface area contributed by atoms with E-state index in [1.54, 1.807) is 0 Å². The summed E-state index contributed by atoms with van der Waals surface area (Å²) in [5.74, 6) is 1.28. The number of nitrogens with one attached hydrogen (secondary N) is 1. The molecule has 1 fully saturated rings. The molecule has 0 saturated carbocycles. The second kappa shape index (κ2) is 2.74. The Kier molecular flexibility index (Phi) is 2.20. The van der Waals surface area contributed by atoms with E-state index in [4.69, 9.17) is 0 Å². The van der Waals surface area contributed by atoms with Gasteiger partial charge in [0.15, 0.2) is 0 Å². The fraction of sp³-hybridized carbons (Fsp3) is 1.00. The van der Waals surface area contributed by atoms with Crippen molar-refractivity contribution in [2.24, 2.45) is 0 Å². The highest BCUT2D eigenvalue weighted by atomic mass is 32.2. The molecule has 1 rings (SSSR count). The maximum absolute atomic E-state index is 3.41. The van der Waals surface area contributed by atoms with Gasteiger partial charge in [-0.2, -0.15) is 11.8 Å². The van der Waals surface area contributed by atoms with Crippen LogP contribution < -0.4 is 5.32 Å². The van der Waals surface area contributed by atoms with Gasteiger partial charge in [-0.1, -0.05) is 6.92 Å². The molecule has 0 bridgehead atoms. The van der Waals surface area contributed by atoms with Crippen LogP contribution in [0.25, 0.3) is 0 Å². The average Bonchev–Trinajstić information content (AvgIpc) is 1.77. The molecule has 1 aliphatic heterocycles. The van der Waals surface area contributed by atoms with Crippen LogP contribution in [0.4, 0.5) is 0 Å². The largest absolute Gasteiger partial charge is 0.312 e. The smallest absolute Gasteiger partial charge is 0.0144 e. The van der Waals surface area contributed by atoms with Gasteiger partial charge in [0.05, 0.1) is 0 Å². The summed E-state index contributed by atoms with van der Waals surface area (Å²) in [5, 5.41) is 4.24. The Bertz CT molecular complexity index is 56.9. The molecule has 1 heterocycles. The van der Waals surface area contributed by atoms with Crippen molar-refractivity contribution in [3.8, 4) is 0 Å². The number of thioether (sulfide) groups is 1. The van der Waals surface area contributed by atoms with E-state index in [-0.39, 0.29) is 0 Å². The summed E-state index contributed by atoms with van der Waals surface area (Å²) < 4.78 is 0. The van der Waals surface area contributed by atoms with E-state index in [2.05, 4.69) is 30.9 Å². The molecule has 2 atom stereocenters. The quantitative estimate of drug-likeness (QED) is 0.528. The van der Waals surface area contributed by atoms with Crippen LogP contribution in [-0.2, 0) is 0 Å². The Morgan fingerprint density at radius 2 is 2.25 bits per heavy atom. The minimum Gasteiger partial charge on any atom is -0.312 e. The minimum atomic E-state index is 0.733. The molecule has 0 aromatic carbocycles. The predicted molar refractivity (Wildman–Crippen MR) is 39.4 cm³/mol. The first-order valence-electron chi connectivity index (χ1n) is 3.14. The third-order valence-corrected chi connectivity index (χ3v) is 2.81. The van der Waals surface area contributed by atoms with Crippen LogP contribution in [0.2, 0.25) is 0 Å². The van der Waals surface area contributed by atoms with Gasteiger partial charge in [-0.25, -0.2) is 0 Å². The van der Waals surface area contributed by atoms with E-state index < -0.39 is 0 Å². The predicted octanol–water partition coefficient (Wildman–Crippen LogP) is 1.10. The average molecular weight is 131 g/mol. The van der Waals surface area contributed by atoms with Crippen LogP contribution in [0, 0.1) is 0 Å². The number of hydrogen-bond acceptors (Lipinski definition) is 2. The Morgan fingerprint density at radius 3 is 2.62 bits per heavy atom. The van der Waals surface area contributed by atoms with E-state index in [9.17, 15) is 0 Å². The summed E-state index contributed by atoms with van der Waals surface area (Å²) in [6.45, 7) is 5.69. The Morgan fingerprint density at radius 1 is 1.50 bits per heavy atom. The van der Waals surface area contributed by atoms with Crippen molar-refractivity contribution < 1.29 is 0 Å². The van der Waals surface area contributed by atoms with Crippen LogP contribution in [0.3, 0.4) is 0 Å². The summed E-state index contributed by atoms with van der Waals surface area (Å²) in [7, 11) is 0. The maximum atomic E-state index is 3.41. The van der Waals surface area contributed by atoms with E-state index in [0.717, 1.165) is 11.3 Å². The second-order valence-electron chi connectivity index (χ2n) is 2.45. The Labute approximate surface area is 55.2 Å². The van der Waals surface area contributed by atoms with Gasteiger partial charge in [0.25, 0.3) is 0 Å². The van der Waals surface area contributed by atoms with Gasteiger partial charge in [0.1, 0.15) is 0 Å². The van der Waals surface area contributed by atoms with E-state index in [1.807, 2.05) is 0 Å². The minimum absolute atomic E-state index is 0.733. The zero-order valence-electron chi connectivity index (χ0n) is 5.48. The van der Waals surface area contributed by atoms with Crippen LogP contribution >= 0.6 is 11.8 Å². The molecular weight excluding hydrogens is 118 g/mol. The zero-order valence-corrected chi connectivity index (χ0v) is 6.29. The lowest BCUT2D eigenvalue weighted by Gasteiger charge is -2.24. The third kappa shape index (κ3) is 1.67. The Hall–Kier alpha value is 0.310. The topological polar surface area (TPSA) is 12.0 Å². The summed E-state index contributed by atoms with van der Waals surface area (Å²) in [4.78, 5) is 0. The van der Waals surface area contributed by atoms with Gasteiger partial charge >= 0.3 is 0 Å². The molecule has 0 aromatic heterocycles. The molecule has 1 aliphatic rings. The van der Waals surface area contributed by atoms with Crippen molar-refractivity contribution in [2.75, 3.05) is 12.3 Å². The highest BCUT2D eigenvalue weighted by Crippen LogP contribution is 2.14. The van der Waals surface area contributed by atoms with Crippen molar-refractivity contribution in [3.05, 3.63) is 0 Å². The number of rotatable bonds is 0. The molecule has 2 unspecified atom stereocenters. The summed E-state index contributed by atoms with van der Waals surface area (Å²) in [5.41, 5.74) is 0. The molecule has 8 heavy (non-hydrogen) atoms. The molecule has 0 spiro atoms. The van der Waals surface area contributed by atoms with Gasteiger partial charge < -0.3 is 5.32 Å². The van der Waals surface area contributed by atoms with Crippen molar-refractivity contribution in [1.29, 1.82) is 0 Å². The number of hydrogen-bond donors (Lipinski definition) is 1. The molecule has 0 radical (unpaired) electrons. The highest BCUT2D eigenvalue weighted by molar-refractivity contribution is 8.00. The molecule has 0 aromatic rings. The van der Waals surface area contributed by atoms with Gasteiger partial charge in [-0.3, -0.25) is 0 Å². The third-order valence-electron chi connectivity index (χ3n) is 1.38. The lowest BCUT2D eigenvalue weighted by atomic mass is 10.3. The standard InChI is InChI=1S/C6H13NS/c1-5-4-8-6(2)3-7-5/h5-7H,3-4H2,1-2H3. The molecular formula is C6H13NS. The van der Waals surface area contributed by atoms with Crippen LogP contribution in [0.15, 0.2) is 0 Å². The second-order valence-corrected chi connectivity index (χ2v) is 3.92. The monoisotopic (exact) mass is 131 g/mol. The highest BCUT2D eigenvalue weighted by Gasteiger charge is 2.12. The first kappa shape index (κ1) is 6.43. The van der Waals surface area contributed by atoms with E-state index in [1.165, 1.54) is 12.3 Å². The summed E-state index contributed by atoms with van der Waals surface area (Å²) in [6, 6.07) is 0.733. The normalized spacial score (nSPS) is 39.8.